The molecule has 5 rings (SSSR count). The quantitative estimate of drug-likeness (QED) is 0.316. The second-order valence-corrected chi connectivity index (χ2v) is 10.8. The molecule has 0 atom stereocenters. The third-order valence-corrected chi connectivity index (χ3v) is 7.46. The third kappa shape index (κ3) is 4.99. The number of rotatable bonds is 4. The summed E-state index contributed by atoms with van der Waals surface area (Å²) in [5, 5.41) is 3.14. The second kappa shape index (κ2) is 10.5. The molecular weight excluding hydrogens is 484 g/mol. The summed E-state index contributed by atoms with van der Waals surface area (Å²) in [7, 11) is 0. The summed E-state index contributed by atoms with van der Waals surface area (Å²) in [6, 6.07) is 20.3. The van der Waals surface area contributed by atoms with E-state index in [2.05, 4.69) is 54.9 Å². The molecule has 6 heteroatoms. The Morgan fingerprint density at radius 1 is 0.949 bits per heavy atom. The monoisotopic (exact) mass is 520 g/mol. The van der Waals surface area contributed by atoms with Crippen molar-refractivity contribution in [2.75, 3.05) is 10.2 Å². The lowest BCUT2D eigenvalue weighted by molar-refractivity contribution is -0.115. The number of benzene rings is 3. The standard InChI is InChI=1S/C33H36N4O2/c1-7-24-10-8-9-11-26(24)32-35-31-29(37(32)20(2)3)18-30(38)34-27-16-21(4)13-15-25(27)19-36(33(31)39)28-17-22(5)12-14-23(28)6/h8-17,20H,7,18-19H2,1-6H3,(H,34,38). The van der Waals surface area contributed by atoms with E-state index in [0.29, 0.717) is 17.9 Å². The zero-order valence-corrected chi connectivity index (χ0v) is 23.6. The Kier molecular flexibility index (Phi) is 7.13. The zero-order chi connectivity index (χ0) is 27.8. The normalized spacial score (nSPS) is 13.8. The molecule has 39 heavy (non-hydrogen) atoms. The van der Waals surface area contributed by atoms with Crippen molar-refractivity contribution in [3.05, 3.63) is 99.9 Å². The first-order chi connectivity index (χ1) is 18.7. The predicted octanol–water partition coefficient (Wildman–Crippen LogP) is 6.96. The molecule has 1 aromatic heterocycles. The molecule has 0 bridgehead atoms. The lowest BCUT2D eigenvalue weighted by Crippen LogP contribution is -2.34. The number of imidazole rings is 1. The maximum Gasteiger partial charge on any atom is 0.279 e. The van der Waals surface area contributed by atoms with Crippen LogP contribution in [0, 0.1) is 20.8 Å². The third-order valence-electron chi connectivity index (χ3n) is 7.46. The molecule has 0 saturated carbocycles. The molecule has 0 saturated heterocycles. The van der Waals surface area contributed by atoms with Crippen molar-refractivity contribution in [3.63, 3.8) is 0 Å². The van der Waals surface area contributed by atoms with Gasteiger partial charge in [0.1, 0.15) is 5.82 Å². The number of anilines is 2. The molecule has 1 aliphatic heterocycles. The molecule has 3 aromatic carbocycles. The van der Waals surface area contributed by atoms with Gasteiger partial charge in [-0.1, -0.05) is 55.5 Å². The lowest BCUT2D eigenvalue weighted by atomic mass is 10.0. The fourth-order valence-corrected chi connectivity index (χ4v) is 5.47. The van der Waals surface area contributed by atoms with Crippen LogP contribution in [0.25, 0.3) is 11.4 Å². The van der Waals surface area contributed by atoms with Gasteiger partial charge in [0, 0.05) is 23.0 Å². The number of fused-ring (bicyclic) bond motifs is 2. The first kappa shape index (κ1) is 26.4. The minimum atomic E-state index is -0.199. The number of aryl methyl sites for hydroxylation is 4. The van der Waals surface area contributed by atoms with Gasteiger partial charge < -0.3 is 14.8 Å². The van der Waals surface area contributed by atoms with Crippen LogP contribution in [0.5, 0.6) is 0 Å². The van der Waals surface area contributed by atoms with Crippen LogP contribution < -0.4 is 10.2 Å². The summed E-state index contributed by atoms with van der Waals surface area (Å²) in [5.74, 6) is 0.366. The van der Waals surface area contributed by atoms with Crippen molar-refractivity contribution in [2.24, 2.45) is 0 Å². The predicted molar refractivity (Wildman–Crippen MR) is 157 cm³/mol. The van der Waals surface area contributed by atoms with Crippen molar-refractivity contribution in [2.45, 2.75) is 67.0 Å². The van der Waals surface area contributed by atoms with E-state index < -0.39 is 0 Å². The van der Waals surface area contributed by atoms with E-state index in [9.17, 15) is 9.59 Å². The lowest BCUT2D eigenvalue weighted by Gasteiger charge is -2.27. The van der Waals surface area contributed by atoms with Crippen LogP contribution in [0.15, 0.2) is 60.7 Å². The van der Waals surface area contributed by atoms with Crippen molar-refractivity contribution in [1.82, 2.24) is 9.55 Å². The van der Waals surface area contributed by atoms with Crippen molar-refractivity contribution in [3.8, 4) is 11.4 Å². The van der Waals surface area contributed by atoms with Crippen LogP contribution in [0.2, 0.25) is 0 Å². The minimum Gasteiger partial charge on any atom is -0.325 e. The van der Waals surface area contributed by atoms with E-state index in [1.54, 1.807) is 0 Å². The van der Waals surface area contributed by atoms with Gasteiger partial charge in [-0.3, -0.25) is 9.59 Å². The van der Waals surface area contributed by atoms with Gasteiger partial charge in [0.15, 0.2) is 5.69 Å². The van der Waals surface area contributed by atoms with Gasteiger partial charge in [0.2, 0.25) is 5.91 Å². The van der Waals surface area contributed by atoms with Crippen LogP contribution in [0.1, 0.15) is 70.8 Å². The summed E-state index contributed by atoms with van der Waals surface area (Å²) in [6.45, 7) is 12.6. The maximum absolute atomic E-state index is 14.6. The van der Waals surface area contributed by atoms with Gasteiger partial charge in [-0.25, -0.2) is 4.98 Å². The molecule has 0 fully saturated rings. The second-order valence-electron chi connectivity index (χ2n) is 10.8. The van der Waals surface area contributed by atoms with Crippen molar-refractivity contribution in [1.29, 1.82) is 0 Å². The van der Waals surface area contributed by atoms with E-state index in [1.165, 1.54) is 0 Å². The van der Waals surface area contributed by atoms with E-state index in [0.717, 1.165) is 57.0 Å². The number of hydrogen-bond acceptors (Lipinski definition) is 3. The fourth-order valence-electron chi connectivity index (χ4n) is 5.47. The molecule has 0 spiro atoms. The Hall–Kier alpha value is -4.19. The van der Waals surface area contributed by atoms with E-state index in [4.69, 9.17) is 4.98 Å². The average molecular weight is 521 g/mol. The largest absolute Gasteiger partial charge is 0.325 e. The summed E-state index contributed by atoms with van der Waals surface area (Å²) >= 11 is 0. The van der Waals surface area contributed by atoms with Gasteiger partial charge >= 0.3 is 0 Å². The van der Waals surface area contributed by atoms with Crippen LogP contribution >= 0.6 is 0 Å². The highest BCUT2D eigenvalue weighted by molar-refractivity contribution is 6.08. The van der Waals surface area contributed by atoms with Crippen LogP contribution in [-0.2, 0) is 24.2 Å². The van der Waals surface area contributed by atoms with E-state index >= 15 is 0 Å². The number of hydrogen-bond donors (Lipinski definition) is 1. The molecular formula is C33H36N4O2. The van der Waals surface area contributed by atoms with Crippen LogP contribution in [0.3, 0.4) is 0 Å². The topological polar surface area (TPSA) is 67.2 Å². The summed E-state index contributed by atoms with van der Waals surface area (Å²) in [4.78, 5) is 34.9. The van der Waals surface area contributed by atoms with Gasteiger partial charge in [-0.05, 0) is 81.0 Å². The first-order valence-electron chi connectivity index (χ1n) is 13.7. The van der Waals surface area contributed by atoms with E-state index in [1.807, 2.05) is 62.1 Å². The highest BCUT2D eigenvalue weighted by atomic mass is 16.2. The number of nitrogens with zero attached hydrogens (tertiary/aromatic N) is 3. The molecule has 2 amide bonds. The molecule has 4 aromatic rings. The van der Waals surface area contributed by atoms with Crippen LogP contribution in [0.4, 0.5) is 11.4 Å². The highest BCUT2D eigenvalue weighted by Crippen LogP contribution is 2.34. The van der Waals surface area contributed by atoms with E-state index in [-0.39, 0.29) is 24.3 Å². The molecule has 0 radical (unpaired) electrons. The number of aromatic nitrogens is 2. The maximum atomic E-state index is 14.6. The number of nitrogens with one attached hydrogen (secondary N) is 1. The van der Waals surface area contributed by atoms with Crippen molar-refractivity contribution < 1.29 is 9.59 Å². The van der Waals surface area contributed by atoms with Gasteiger partial charge in [-0.15, -0.1) is 0 Å². The molecule has 6 nitrogen and oxygen atoms in total. The van der Waals surface area contributed by atoms with Crippen LogP contribution in [-0.4, -0.2) is 21.4 Å². The first-order valence-corrected chi connectivity index (χ1v) is 13.7. The van der Waals surface area contributed by atoms with Gasteiger partial charge in [0.05, 0.1) is 18.7 Å². The Morgan fingerprint density at radius 2 is 1.67 bits per heavy atom. The van der Waals surface area contributed by atoms with Gasteiger partial charge in [0.25, 0.3) is 5.91 Å². The summed E-state index contributed by atoms with van der Waals surface area (Å²) < 4.78 is 2.07. The van der Waals surface area contributed by atoms with Gasteiger partial charge in [-0.2, -0.15) is 0 Å². The molecule has 0 unspecified atom stereocenters. The Morgan fingerprint density at radius 3 is 2.41 bits per heavy atom. The zero-order valence-electron chi connectivity index (χ0n) is 23.6. The molecule has 1 aliphatic rings. The molecule has 1 N–H and O–H groups in total. The van der Waals surface area contributed by atoms with Crippen molar-refractivity contribution >= 4 is 23.2 Å². The minimum absolute atomic E-state index is 0.00612. The summed E-state index contributed by atoms with van der Waals surface area (Å²) in [5.41, 5.74) is 8.69. The Bertz CT molecular complexity index is 1580. The Balaban J connectivity index is 1.78. The average Bonchev–Trinajstić information content (AvgIpc) is 3.28. The Labute approximate surface area is 230 Å². The molecule has 200 valence electrons. The SMILES string of the molecule is CCc1ccccc1-c1nc2c(n1C(C)C)CC(=O)Nc1cc(C)ccc1CN(c1cc(C)ccc1C)C2=O. The summed E-state index contributed by atoms with van der Waals surface area (Å²) in [6.07, 6.45) is 0.887. The highest BCUT2D eigenvalue weighted by Gasteiger charge is 2.32. The fraction of sp³-hybridized carbons (Fsp3) is 0.303. The number of amides is 2. The molecule has 2 heterocycles. The number of carbonyl (C=O) groups excluding carboxylic acids is 2. The number of carbonyl (C=O) groups is 2. The smallest absolute Gasteiger partial charge is 0.279 e. The molecule has 0 aliphatic carbocycles.